The van der Waals surface area contributed by atoms with Crippen molar-refractivity contribution in [1.82, 2.24) is 15.3 Å². The Bertz CT molecular complexity index is 805. The summed E-state index contributed by atoms with van der Waals surface area (Å²) in [6.07, 6.45) is 3.80. The number of benzene rings is 1. The van der Waals surface area contributed by atoms with E-state index in [2.05, 4.69) is 15.3 Å². The lowest BCUT2D eigenvalue weighted by Crippen LogP contribution is -2.42. The van der Waals surface area contributed by atoms with Gasteiger partial charge >= 0.3 is 5.97 Å². The van der Waals surface area contributed by atoms with E-state index in [-0.39, 0.29) is 24.2 Å². The fourth-order valence-corrected chi connectivity index (χ4v) is 4.00. The SMILES string of the molecule is Cc1ccc2nc(CNC(=O)C3CC(=O)OC34CCCC4)[nH]c2c1. The molecule has 0 radical (unpaired) electrons. The van der Waals surface area contributed by atoms with Crippen LogP contribution in [0.2, 0.25) is 0 Å². The van der Waals surface area contributed by atoms with Crippen molar-refractivity contribution in [3.63, 3.8) is 0 Å². The van der Waals surface area contributed by atoms with Gasteiger partial charge in [0.15, 0.2) is 0 Å². The molecule has 2 aliphatic rings. The van der Waals surface area contributed by atoms with E-state index in [0.29, 0.717) is 6.54 Å². The molecule has 1 atom stereocenters. The van der Waals surface area contributed by atoms with Crippen LogP contribution in [0.3, 0.4) is 0 Å². The van der Waals surface area contributed by atoms with Crippen molar-refractivity contribution in [1.29, 1.82) is 0 Å². The van der Waals surface area contributed by atoms with Crippen LogP contribution in [-0.2, 0) is 20.9 Å². The van der Waals surface area contributed by atoms with Crippen molar-refractivity contribution in [2.45, 2.75) is 51.2 Å². The molecule has 1 aliphatic heterocycles. The summed E-state index contributed by atoms with van der Waals surface area (Å²) >= 11 is 0. The fourth-order valence-electron chi connectivity index (χ4n) is 4.00. The van der Waals surface area contributed by atoms with Gasteiger partial charge in [-0.25, -0.2) is 4.98 Å². The number of nitrogens with one attached hydrogen (secondary N) is 2. The quantitative estimate of drug-likeness (QED) is 0.848. The van der Waals surface area contributed by atoms with Gasteiger partial charge in [0.25, 0.3) is 0 Å². The molecule has 24 heavy (non-hydrogen) atoms. The predicted octanol–water partition coefficient (Wildman–Crippen LogP) is 2.36. The second kappa shape index (κ2) is 5.61. The molecule has 1 saturated carbocycles. The van der Waals surface area contributed by atoms with Gasteiger partial charge < -0.3 is 15.0 Å². The lowest BCUT2D eigenvalue weighted by Gasteiger charge is -2.27. The number of fused-ring (bicyclic) bond motifs is 1. The number of nitrogens with zero attached hydrogens (tertiary/aromatic N) is 1. The molecule has 2 aromatic rings. The highest BCUT2D eigenvalue weighted by Crippen LogP contribution is 2.45. The van der Waals surface area contributed by atoms with E-state index in [1.54, 1.807) is 0 Å². The minimum Gasteiger partial charge on any atom is -0.458 e. The van der Waals surface area contributed by atoms with Gasteiger partial charge in [-0.3, -0.25) is 9.59 Å². The minimum absolute atomic E-state index is 0.112. The molecule has 2 N–H and O–H groups in total. The molecule has 6 heteroatoms. The number of carbonyl (C=O) groups is 2. The van der Waals surface area contributed by atoms with Gasteiger partial charge in [-0.15, -0.1) is 0 Å². The van der Waals surface area contributed by atoms with Crippen molar-refractivity contribution in [2.75, 3.05) is 0 Å². The Morgan fingerprint density at radius 2 is 2.21 bits per heavy atom. The smallest absolute Gasteiger partial charge is 0.307 e. The Balaban J connectivity index is 1.46. The lowest BCUT2D eigenvalue weighted by atomic mass is 9.85. The van der Waals surface area contributed by atoms with Crippen molar-refractivity contribution >= 4 is 22.9 Å². The number of esters is 1. The van der Waals surface area contributed by atoms with Crippen LogP contribution < -0.4 is 5.32 Å². The van der Waals surface area contributed by atoms with Crippen molar-refractivity contribution in [2.24, 2.45) is 5.92 Å². The van der Waals surface area contributed by atoms with E-state index in [1.165, 1.54) is 0 Å². The second-order valence-corrected chi connectivity index (χ2v) is 6.92. The zero-order chi connectivity index (χ0) is 16.7. The lowest BCUT2D eigenvalue weighted by molar-refractivity contribution is -0.150. The number of ether oxygens (including phenoxy) is 1. The molecule has 1 unspecified atom stereocenters. The molecule has 0 bridgehead atoms. The zero-order valence-electron chi connectivity index (χ0n) is 13.7. The average Bonchev–Trinajstić information content (AvgIpc) is 3.24. The molecule has 1 saturated heterocycles. The van der Waals surface area contributed by atoms with Crippen LogP contribution in [0.4, 0.5) is 0 Å². The molecule has 2 heterocycles. The monoisotopic (exact) mass is 327 g/mol. The van der Waals surface area contributed by atoms with Crippen LogP contribution in [0.15, 0.2) is 18.2 Å². The van der Waals surface area contributed by atoms with Crippen LogP contribution in [0.5, 0.6) is 0 Å². The van der Waals surface area contributed by atoms with E-state index in [1.807, 2.05) is 25.1 Å². The van der Waals surface area contributed by atoms with Crippen LogP contribution in [0.25, 0.3) is 11.0 Å². The number of aromatic amines is 1. The first-order valence-electron chi connectivity index (χ1n) is 8.51. The first-order chi connectivity index (χ1) is 11.6. The molecular weight excluding hydrogens is 306 g/mol. The fraction of sp³-hybridized carbons (Fsp3) is 0.500. The summed E-state index contributed by atoms with van der Waals surface area (Å²) in [4.78, 5) is 32.0. The van der Waals surface area contributed by atoms with Gasteiger partial charge in [0.1, 0.15) is 11.4 Å². The Morgan fingerprint density at radius 1 is 1.42 bits per heavy atom. The molecule has 1 aliphatic carbocycles. The average molecular weight is 327 g/mol. The van der Waals surface area contributed by atoms with E-state index in [9.17, 15) is 9.59 Å². The summed E-state index contributed by atoms with van der Waals surface area (Å²) in [5.41, 5.74) is 2.44. The van der Waals surface area contributed by atoms with E-state index < -0.39 is 5.60 Å². The van der Waals surface area contributed by atoms with Crippen molar-refractivity contribution in [3.8, 4) is 0 Å². The highest BCUT2D eigenvalue weighted by molar-refractivity contribution is 5.88. The number of rotatable bonds is 3. The summed E-state index contributed by atoms with van der Waals surface area (Å²) in [5, 5.41) is 2.92. The number of hydrogen-bond acceptors (Lipinski definition) is 4. The molecule has 1 amide bonds. The molecule has 126 valence electrons. The molecule has 4 rings (SSSR count). The molecule has 6 nitrogen and oxygen atoms in total. The number of H-pyrrole nitrogens is 1. The maximum atomic E-state index is 12.6. The van der Waals surface area contributed by atoms with Gasteiger partial charge in [-0.05, 0) is 50.3 Å². The topological polar surface area (TPSA) is 84.1 Å². The number of hydrogen-bond donors (Lipinski definition) is 2. The minimum atomic E-state index is -0.563. The van der Waals surface area contributed by atoms with E-state index in [4.69, 9.17) is 4.74 Å². The number of amides is 1. The predicted molar refractivity (Wildman–Crippen MR) is 88.1 cm³/mol. The third-order valence-electron chi connectivity index (χ3n) is 5.21. The van der Waals surface area contributed by atoms with Crippen molar-refractivity contribution < 1.29 is 14.3 Å². The number of imidazole rings is 1. The summed E-state index contributed by atoms with van der Waals surface area (Å²) in [7, 11) is 0. The zero-order valence-corrected chi connectivity index (χ0v) is 13.7. The van der Waals surface area contributed by atoms with Gasteiger partial charge in [0.2, 0.25) is 5.91 Å². The van der Waals surface area contributed by atoms with E-state index >= 15 is 0 Å². The highest BCUT2D eigenvalue weighted by Gasteiger charge is 2.53. The summed E-state index contributed by atoms with van der Waals surface area (Å²) < 4.78 is 5.53. The molecule has 1 aromatic carbocycles. The van der Waals surface area contributed by atoms with Gasteiger partial charge in [0, 0.05) is 0 Å². The standard InChI is InChI=1S/C18H21N3O3/c1-11-4-5-13-14(8-11)21-15(20-13)10-19-17(23)12-9-16(22)24-18(12)6-2-3-7-18/h4-5,8,12H,2-3,6-7,9-10H2,1H3,(H,19,23)(H,20,21). The summed E-state index contributed by atoms with van der Waals surface area (Å²) in [6.45, 7) is 2.35. The molecule has 1 aromatic heterocycles. The summed E-state index contributed by atoms with van der Waals surface area (Å²) in [6, 6.07) is 6.00. The maximum Gasteiger partial charge on any atom is 0.307 e. The third kappa shape index (κ3) is 2.56. The molecule has 1 spiro atoms. The second-order valence-electron chi connectivity index (χ2n) is 6.92. The number of aryl methyl sites for hydroxylation is 1. The Morgan fingerprint density at radius 3 is 3.00 bits per heavy atom. The van der Waals surface area contributed by atoms with Crippen molar-refractivity contribution in [3.05, 3.63) is 29.6 Å². The van der Waals surface area contributed by atoms with Gasteiger partial charge in [-0.1, -0.05) is 6.07 Å². The largest absolute Gasteiger partial charge is 0.458 e. The normalized spacial score (nSPS) is 22.2. The van der Waals surface area contributed by atoms with E-state index in [0.717, 1.165) is 48.1 Å². The Hall–Kier alpha value is -2.37. The van der Waals surface area contributed by atoms with Crippen LogP contribution >= 0.6 is 0 Å². The highest BCUT2D eigenvalue weighted by atomic mass is 16.6. The molecular formula is C18H21N3O3. The first kappa shape index (κ1) is 15.2. The summed E-state index contributed by atoms with van der Waals surface area (Å²) in [5.74, 6) is -0.0237. The third-order valence-corrected chi connectivity index (χ3v) is 5.21. The Kier molecular flexibility index (Phi) is 3.55. The molecule has 2 fully saturated rings. The maximum absolute atomic E-state index is 12.6. The number of aromatic nitrogens is 2. The first-order valence-corrected chi connectivity index (χ1v) is 8.51. The van der Waals surface area contributed by atoms with Crippen LogP contribution in [-0.4, -0.2) is 27.4 Å². The van der Waals surface area contributed by atoms with Crippen LogP contribution in [0.1, 0.15) is 43.5 Å². The number of carbonyl (C=O) groups excluding carboxylic acids is 2. The van der Waals surface area contributed by atoms with Crippen LogP contribution in [0, 0.1) is 12.8 Å². The van der Waals surface area contributed by atoms with Gasteiger partial charge in [0.05, 0.1) is 29.9 Å². The van der Waals surface area contributed by atoms with Gasteiger partial charge in [-0.2, -0.15) is 0 Å². The Labute approximate surface area is 140 Å².